The molecule has 4 rings (SSSR count). The Labute approximate surface area is 134 Å². The second-order valence-electron chi connectivity index (χ2n) is 7.38. The highest BCUT2D eigenvalue weighted by atomic mass is 15.4. The zero-order chi connectivity index (χ0) is 15.4. The van der Waals surface area contributed by atoms with E-state index in [1.165, 1.54) is 25.8 Å². The van der Waals surface area contributed by atoms with Crippen LogP contribution in [0.4, 0.5) is 0 Å². The molecule has 0 amide bonds. The van der Waals surface area contributed by atoms with Crippen LogP contribution in [-0.4, -0.2) is 18.1 Å². The fraction of sp³-hybridized carbons (Fsp3) is 0.429. The van der Waals surface area contributed by atoms with Gasteiger partial charge in [-0.05, 0) is 18.9 Å². The Morgan fingerprint density at radius 1 is 1.05 bits per heavy atom. The van der Waals surface area contributed by atoms with Crippen LogP contribution in [0.25, 0.3) is 0 Å². The SMILES string of the molecule is CCCC[N@+]1(C)[C@H]2Cc3ccccc3[C@]1(C)c1ccccc12. The van der Waals surface area contributed by atoms with Crippen molar-refractivity contribution in [1.82, 2.24) is 0 Å². The molecule has 0 saturated carbocycles. The largest absolute Gasteiger partial charge is 0.307 e. The molecule has 0 aliphatic carbocycles. The Balaban J connectivity index is 1.99. The summed E-state index contributed by atoms with van der Waals surface area (Å²) in [6, 6.07) is 18.9. The maximum absolute atomic E-state index is 2.50. The lowest BCUT2D eigenvalue weighted by Crippen LogP contribution is -2.59. The summed E-state index contributed by atoms with van der Waals surface area (Å²) in [5, 5.41) is 0. The number of benzene rings is 2. The van der Waals surface area contributed by atoms with Crippen molar-refractivity contribution in [1.29, 1.82) is 0 Å². The topological polar surface area (TPSA) is 0 Å². The van der Waals surface area contributed by atoms with Gasteiger partial charge in [0.05, 0.1) is 13.6 Å². The molecule has 0 N–H and O–H groups in total. The number of rotatable bonds is 3. The van der Waals surface area contributed by atoms with E-state index >= 15 is 0 Å². The Bertz CT molecular complexity index is 706. The Morgan fingerprint density at radius 2 is 1.73 bits per heavy atom. The molecule has 2 bridgehead atoms. The molecule has 1 heteroatoms. The van der Waals surface area contributed by atoms with Crippen LogP contribution in [0.2, 0.25) is 0 Å². The van der Waals surface area contributed by atoms with Crippen molar-refractivity contribution < 1.29 is 4.48 Å². The fourth-order valence-corrected chi connectivity index (χ4v) is 5.10. The van der Waals surface area contributed by atoms with Crippen molar-refractivity contribution in [3.63, 3.8) is 0 Å². The van der Waals surface area contributed by atoms with Gasteiger partial charge in [0.1, 0.15) is 11.6 Å². The van der Waals surface area contributed by atoms with Crippen LogP contribution in [0.5, 0.6) is 0 Å². The molecule has 0 saturated heterocycles. The lowest BCUT2D eigenvalue weighted by Gasteiger charge is -2.52. The third-order valence-corrected chi connectivity index (χ3v) is 6.49. The third kappa shape index (κ3) is 1.53. The highest BCUT2D eigenvalue weighted by Crippen LogP contribution is 2.59. The molecule has 0 aromatic heterocycles. The summed E-state index contributed by atoms with van der Waals surface area (Å²) in [6.07, 6.45) is 3.76. The quantitative estimate of drug-likeness (QED) is 0.712. The van der Waals surface area contributed by atoms with Crippen LogP contribution >= 0.6 is 0 Å². The highest BCUT2D eigenvalue weighted by molar-refractivity contribution is 5.51. The molecule has 0 fully saturated rings. The summed E-state index contributed by atoms with van der Waals surface area (Å²) in [5.74, 6) is 0. The zero-order valence-electron chi connectivity index (χ0n) is 14.0. The lowest BCUT2D eigenvalue weighted by molar-refractivity contribution is -0.981. The van der Waals surface area contributed by atoms with E-state index in [-0.39, 0.29) is 5.54 Å². The third-order valence-electron chi connectivity index (χ3n) is 6.49. The van der Waals surface area contributed by atoms with Gasteiger partial charge in [0, 0.05) is 23.1 Å². The van der Waals surface area contributed by atoms with Gasteiger partial charge in [-0.1, -0.05) is 61.9 Å². The van der Waals surface area contributed by atoms with Gasteiger partial charge in [-0.15, -0.1) is 0 Å². The number of fused-ring (bicyclic) bond motifs is 7. The Kier molecular flexibility index (Phi) is 2.99. The minimum absolute atomic E-state index is 0.102. The molecule has 0 spiro atoms. The molecule has 0 unspecified atom stereocenters. The first-order valence-corrected chi connectivity index (χ1v) is 8.66. The van der Waals surface area contributed by atoms with Gasteiger partial charge >= 0.3 is 0 Å². The average Bonchev–Trinajstić information content (AvgIpc) is 2.67. The Morgan fingerprint density at radius 3 is 2.50 bits per heavy atom. The predicted octanol–water partition coefficient (Wildman–Crippen LogP) is 4.81. The zero-order valence-corrected chi connectivity index (χ0v) is 14.0. The van der Waals surface area contributed by atoms with E-state index in [9.17, 15) is 0 Å². The van der Waals surface area contributed by atoms with Crippen LogP contribution in [0.1, 0.15) is 55.0 Å². The molecule has 2 aromatic carbocycles. The summed E-state index contributed by atoms with van der Waals surface area (Å²) >= 11 is 0. The number of nitrogens with zero attached hydrogens (tertiary/aromatic N) is 1. The maximum atomic E-state index is 2.50. The van der Waals surface area contributed by atoms with Crippen LogP contribution < -0.4 is 0 Å². The van der Waals surface area contributed by atoms with Crippen LogP contribution in [0.3, 0.4) is 0 Å². The first-order valence-electron chi connectivity index (χ1n) is 8.66. The standard InChI is InChI=1S/C21H26N/c1-4-5-14-22(3)20-15-16-10-6-8-12-18(16)21(22,2)19-13-9-7-11-17(19)20/h6-13,20H,4-5,14-15H2,1-3H3/q+1/t20-,21+,22+/m0/s1. The molecule has 3 atom stereocenters. The molecule has 22 heavy (non-hydrogen) atoms. The number of unbranched alkanes of at least 4 members (excludes halogenated alkanes) is 1. The van der Waals surface area contributed by atoms with E-state index in [2.05, 4.69) is 69.4 Å². The second-order valence-corrected chi connectivity index (χ2v) is 7.38. The number of hydrogen-bond acceptors (Lipinski definition) is 0. The number of likely N-dealkylation sites (N-methyl/N-ethyl adjacent to an activating group) is 1. The summed E-state index contributed by atoms with van der Waals surface area (Å²) < 4.78 is 1.15. The van der Waals surface area contributed by atoms with Gasteiger partial charge in [-0.25, -0.2) is 0 Å². The second kappa shape index (κ2) is 4.70. The molecule has 1 nitrogen and oxygen atoms in total. The van der Waals surface area contributed by atoms with E-state index < -0.39 is 0 Å². The van der Waals surface area contributed by atoms with Gasteiger partial charge in [0.2, 0.25) is 0 Å². The van der Waals surface area contributed by atoms with Gasteiger partial charge in [0.15, 0.2) is 0 Å². The molecule has 2 aliphatic rings. The monoisotopic (exact) mass is 292 g/mol. The smallest absolute Gasteiger partial charge is 0.149 e. The molecule has 0 radical (unpaired) electrons. The number of hydrogen-bond donors (Lipinski definition) is 0. The molecule has 2 aliphatic heterocycles. The van der Waals surface area contributed by atoms with E-state index in [4.69, 9.17) is 0 Å². The molecular weight excluding hydrogens is 266 g/mol. The van der Waals surface area contributed by atoms with E-state index in [1.54, 1.807) is 22.3 Å². The fourth-order valence-electron chi connectivity index (χ4n) is 5.10. The summed E-state index contributed by atoms with van der Waals surface area (Å²) in [4.78, 5) is 0. The predicted molar refractivity (Wildman–Crippen MR) is 91.7 cm³/mol. The van der Waals surface area contributed by atoms with Gasteiger partial charge in [0.25, 0.3) is 0 Å². The van der Waals surface area contributed by atoms with Crippen molar-refractivity contribution >= 4 is 0 Å². The van der Waals surface area contributed by atoms with Crippen molar-refractivity contribution in [2.75, 3.05) is 13.6 Å². The average molecular weight is 292 g/mol. The van der Waals surface area contributed by atoms with Crippen LogP contribution in [0, 0.1) is 0 Å². The van der Waals surface area contributed by atoms with Gasteiger partial charge in [-0.2, -0.15) is 0 Å². The molecule has 2 aromatic rings. The first kappa shape index (κ1) is 14.0. The first-order chi connectivity index (χ1) is 10.6. The van der Waals surface area contributed by atoms with Crippen molar-refractivity contribution in [2.24, 2.45) is 0 Å². The molecular formula is C21H26N+. The minimum atomic E-state index is 0.102. The summed E-state index contributed by atoms with van der Waals surface area (Å²) in [6.45, 7) is 6.06. The number of quaternary nitrogens is 1. The highest BCUT2D eigenvalue weighted by Gasteiger charge is 2.61. The molecule has 114 valence electrons. The van der Waals surface area contributed by atoms with Crippen molar-refractivity contribution in [3.05, 3.63) is 70.8 Å². The van der Waals surface area contributed by atoms with Crippen LogP contribution in [0.15, 0.2) is 48.5 Å². The van der Waals surface area contributed by atoms with E-state index in [0.29, 0.717) is 6.04 Å². The van der Waals surface area contributed by atoms with Gasteiger partial charge < -0.3 is 4.48 Å². The van der Waals surface area contributed by atoms with E-state index in [1.807, 2.05) is 0 Å². The summed E-state index contributed by atoms with van der Waals surface area (Å²) in [7, 11) is 2.50. The van der Waals surface area contributed by atoms with Crippen molar-refractivity contribution in [3.8, 4) is 0 Å². The van der Waals surface area contributed by atoms with E-state index in [0.717, 1.165) is 4.48 Å². The Hall–Kier alpha value is -1.60. The minimum Gasteiger partial charge on any atom is -0.307 e. The van der Waals surface area contributed by atoms with Crippen LogP contribution in [-0.2, 0) is 12.0 Å². The van der Waals surface area contributed by atoms with Crippen molar-refractivity contribution in [2.45, 2.75) is 44.7 Å². The molecule has 2 heterocycles. The van der Waals surface area contributed by atoms with Gasteiger partial charge in [-0.3, -0.25) is 0 Å². The summed E-state index contributed by atoms with van der Waals surface area (Å²) in [5.41, 5.74) is 6.35. The normalized spacial score (nSPS) is 31.7. The maximum Gasteiger partial charge on any atom is 0.149 e. The lowest BCUT2D eigenvalue weighted by atomic mass is 9.78.